The van der Waals surface area contributed by atoms with Crippen molar-refractivity contribution in [3.8, 4) is 0 Å². The molecular formula is C20H18F3NO4. The van der Waals surface area contributed by atoms with Gasteiger partial charge in [-0.2, -0.15) is 13.2 Å². The lowest BCUT2D eigenvalue weighted by atomic mass is 10.1. The van der Waals surface area contributed by atoms with Crippen molar-refractivity contribution in [3.05, 3.63) is 70.3 Å². The molecule has 0 atom stereocenters. The number of ether oxygens (including phenoxy) is 1. The van der Waals surface area contributed by atoms with Gasteiger partial charge in [-0.05, 0) is 38.1 Å². The highest BCUT2D eigenvalue weighted by molar-refractivity contribution is 5.99. The number of ketones is 1. The minimum absolute atomic E-state index is 0.220. The number of hydrogen-bond donors (Lipinski definition) is 1. The minimum Gasteiger partial charge on any atom is -0.456 e. The van der Waals surface area contributed by atoms with Crippen LogP contribution < -0.4 is 5.32 Å². The number of Topliss-reactive ketones (excluding diaryl/α,β-unsaturated/α-hetero) is 1. The molecule has 5 nitrogen and oxygen atoms in total. The SMILES string of the molecule is Cc1cc(C)cc(C(=O)NCC(=O)OCC(=O)c2cccc(C(F)(F)F)c2)c1. The van der Waals surface area contributed by atoms with Crippen LogP contribution in [0.4, 0.5) is 13.2 Å². The fourth-order valence-corrected chi connectivity index (χ4v) is 2.51. The van der Waals surface area contributed by atoms with Crippen LogP contribution in [-0.2, 0) is 15.7 Å². The van der Waals surface area contributed by atoms with Crippen LogP contribution in [0.5, 0.6) is 0 Å². The first-order valence-corrected chi connectivity index (χ1v) is 8.29. The summed E-state index contributed by atoms with van der Waals surface area (Å²) in [6, 6.07) is 9.04. The van der Waals surface area contributed by atoms with Gasteiger partial charge in [-0.1, -0.05) is 29.3 Å². The van der Waals surface area contributed by atoms with Gasteiger partial charge in [-0.3, -0.25) is 14.4 Å². The lowest BCUT2D eigenvalue weighted by Gasteiger charge is -2.09. The number of rotatable bonds is 6. The van der Waals surface area contributed by atoms with E-state index in [1.165, 1.54) is 6.07 Å². The van der Waals surface area contributed by atoms with Crippen molar-refractivity contribution < 1.29 is 32.3 Å². The van der Waals surface area contributed by atoms with Gasteiger partial charge in [0.1, 0.15) is 6.54 Å². The Hall–Kier alpha value is -3.16. The summed E-state index contributed by atoms with van der Waals surface area (Å²) in [7, 11) is 0. The zero-order valence-corrected chi connectivity index (χ0v) is 15.2. The second-order valence-corrected chi connectivity index (χ2v) is 6.22. The first-order chi connectivity index (χ1) is 13.1. The van der Waals surface area contributed by atoms with Crippen LogP contribution in [0.1, 0.15) is 37.4 Å². The highest BCUT2D eigenvalue weighted by Crippen LogP contribution is 2.29. The number of nitrogens with one attached hydrogen (secondary N) is 1. The maximum Gasteiger partial charge on any atom is 0.416 e. The Morgan fingerprint density at radius 1 is 0.964 bits per heavy atom. The molecule has 0 radical (unpaired) electrons. The molecule has 0 spiro atoms. The third-order valence-corrected chi connectivity index (χ3v) is 3.75. The highest BCUT2D eigenvalue weighted by Gasteiger charge is 2.30. The lowest BCUT2D eigenvalue weighted by Crippen LogP contribution is -2.31. The van der Waals surface area contributed by atoms with Crippen molar-refractivity contribution in [3.63, 3.8) is 0 Å². The van der Waals surface area contributed by atoms with E-state index in [-0.39, 0.29) is 5.56 Å². The van der Waals surface area contributed by atoms with E-state index in [0.29, 0.717) is 11.6 Å². The number of benzene rings is 2. The van der Waals surface area contributed by atoms with E-state index in [9.17, 15) is 27.6 Å². The average Bonchev–Trinajstić information content (AvgIpc) is 2.62. The topological polar surface area (TPSA) is 72.5 Å². The number of aryl methyl sites for hydroxylation is 2. The van der Waals surface area contributed by atoms with E-state index >= 15 is 0 Å². The number of alkyl halides is 3. The molecule has 28 heavy (non-hydrogen) atoms. The van der Waals surface area contributed by atoms with Crippen LogP contribution in [0.25, 0.3) is 0 Å². The van der Waals surface area contributed by atoms with Crippen molar-refractivity contribution in [1.82, 2.24) is 5.32 Å². The first-order valence-electron chi connectivity index (χ1n) is 8.29. The molecule has 1 amide bonds. The Kier molecular flexibility index (Phi) is 6.56. The largest absolute Gasteiger partial charge is 0.456 e. The Morgan fingerprint density at radius 3 is 2.21 bits per heavy atom. The number of hydrogen-bond acceptors (Lipinski definition) is 4. The summed E-state index contributed by atoms with van der Waals surface area (Å²) < 4.78 is 42.8. The molecule has 0 aliphatic carbocycles. The van der Waals surface area contributed by atoms with Crippen LogP contribution in [0.2, 0.25) is 0 Å². The zero-order chi connectivity index (χ0) is 20.9. The van der Waals surface area contributed by atoms with Crippen molar-refractivity contribution in [2.75, 3.05) is 13.2 Å². The summed E-state index contributed by atoms with van der Waals surface area (Å²) in [5, 5.41) is 2.37. The molecule has 148 valence electrons. The molecule has 1 N–H and O–H groups in total. The number of amides is 1. The van der Waals surface area contributed by atoms with E-state index in [1.807, 2.05) is 19.9 Å². The summed E-state index contributed by atoms with van der Waals surface area (Å²) in [5.74, 6) is -2.13. The molecule has 0 aliphatic heterocycles. The zero-order valence-electron chi connectivity index (χ0n) is 15.2. The van der Waals surface area contributed by atoms with Crippen molar-refractivity contribution >= 4 is 17.7 Å². The van der Waals surface area contributed by atoms with Crippen LogP contribution in [0.15, 0.2) is 42.5 Å². The van der Waals surface area contributed by atoms with E-state index in [1.54, 1.807) is 12.1 Å². The summed E-state index contributed by atoms with van der Waals surface area (Å²) >= 11 is 0. The van der Waals surface area contributed by atoms with Crippen LogP contribution >= 0.6 is 0 Å². The summed E-state index contributed by atoms with van der Waals surface area (Å²) in [6.07, 6.45) is -4.58. The van der Waals surface area contributed by atoms with Crippen molar-refractivity contribution in [2.45, 2.75) is 20.0 Å². The van der Waals surface area contributed by atoms with E-state index < -0.39 is 42.6 Å². The van der Waals surface area contributed by atoms with E-state index in [0.717, 1.165) is 23.3 Å². The van der Waals surface area contributed by atoms with Gasteiger partial charge in [-0.25, -0.2) is 0 Å². The van der Waals surface area contributed by atoms with E-state index in [4.69, 9.17) is 4.74 Å². The number of carbonyl (C=O) groups is 3. The van der Waals surface area contributed by atoms with Gasteiger partial charge in [-0.15, -0.1) is 0 Å². The third-order valence-electron chi connectivity index (χ3n) is 3.75. The molecule has 2 aromatic rings. The first kappa shape index (κ1) is 21.1. The van der Waals surface area contributed by atoms with Gasteiger partial charge in [0, 0.05) is 11.1 Å². The van der Waals surface area contributed by atoms with Crippen LogP contribution in [0, 0.1) is 13.8 Å². The standard InChI is InChI=1S/C20H18F3NO4/c1-12-6-13(2)8-15(7-12)19(27)24-10-18(26)28-11-17(25)14-4-3-5-16(9-14)20(21,22)23/h3-9H,10-11H2,1-2H3,(H,24,27). The predicted octanol–water partition coefficient (Wildman–Crippen LogP) is 3.48. The molecule has 0 aliphatic rings. The van der Waals surface area contributed by atoms with Crippen molar-refractivity contribution in [2.24, 2.45) is 0 Å². The minimum atomic E-state index is -4.58. The highest BCUT2D eigenvalue weighted by atomic mass is 19.4. The molecule has 0 heterocycles. The van der Waals surface area contributed by atoms with Gasteiger partial charge in [0.15, 0.2) is 12.4 Å². The van der Waals surface area contributed by atoms with Gasteiger partial charge in [0.25, 0.3) is 5.91 Å². The smallest absolute Gasteiger partial charge is 0.416 e. The fourth-order valence-electron chi connectivity index (χ4n) is 2.51. The molecule has 0 aromatic heterocycles. The predicted molar refractivity (Wildman–Crippen MR) is 95.0 cm³/mol. The second kappa shape index (κ2) is 8.69. The Balaban J connectivity index is 1.87. The molecule has 0 fully saturated rings. The lowest BCUT2D eigenvalue weighted by molar-refractivity contribution is -0.141. The number of carbonyl (C=O) groups excluding carboxylic acids is 3. The monoisotopic (exact) mass is 393 g/mol. The molecule has 2 rings (SSSR count). The Bertz CT molecular complexity index is 886. The van der Waals surface area contributed by atoms with Crippen LogP contribution in [-0.4, -0.2) is 30.8 Å². The third kappa shape index (κ3) is 5.94. The Labute approximate surface area is 159 Å². The van der Waals surface area contributed by atoms with Gasteiger partial charge >= 0.3 is 12.1 Å². The molecular weight excluding hydrogens is 375 g/mol. The van der Waals surface area contributed by atoms with Crippen LogP contribution in [0.3, 0.4) is 0 Å². The van der Waals surface area contributed by atoms with Gasteiger partial charge in [0.05, 0.1) is 5.56 Å². The fraction of sp³-hybridized carbons (Fsp3) is 0.250. The Morgan fingerprint density at radius 2 is 1.61 bits per heavy atom. The maximum absolute atomic E-state index is 12.7. The molecule has 0 saturated carbocycles. The van der Waals surface area contributed by atoms with E-state index in [2.05, 4.69) is 5.32 Å². The molecule has 2 aromatic carbocycles. The van der Waals surface area contributed by atoms with Gasteiger partial charge in [0.2, 0.25) is 0 Å². The normalized spacial score (nSPS) is 11.0. The molecule has 8 heteroatoms. The second-order valence-electron chi connectivity index (χ2n) is 6.22. The number of halogens is 3. The molecule has 0 unspecified atom stereocenters. The summed E-state index contributed by atoms with van der Waals surface area (Å²) in [6.45, 7) is 2.47. The molecule has 0 saturated heterocycles. The quantitative estimate of drug-likeness (QED) is 0.603. The maximum atomic E-state index is 12.7. The van der Waals surface area contributed by atoms with Gasteiger partial charge < -0.3 is 10.1 Å². The van der Waals surface area contributed by atoms with Crippen molar-refractivity contribution in [1.29, 1.82) is 0 Å². The average molecular weight is 393 g/mol. The number of esters is 1. The summed E-state index contributed by atoms with van der Waals surface area (Å²) in [5.41, 5.74) is 0.969. The molecule has 0 bridgehead atoms. The summed E-state index contributed by atoms with van der Waals surface area (Å²) in [4.78, 5) is 35.7.